The summed E-state index contributed by atoms with van der Waals surface area (Å²) in [6, 6.07) is 16.7. The molecule has 0 bridgehead atoms. The van der Waals surface area contributed by atoms with E-state index in [1.807, 2.05) is 54.6 Å². The van der Waals surface area contributed by atoms with Crippen LogP contribution in [-0.4, -0.2) is 22.5 Å². The van der Waals surface area contributed by atoms with Gasteiger partial charge in [-0.05, 0) is 29.7 Å². The van der Waals surface area contributed by atoms with Gasteiger partial charge in [0.25, 0.3) is 0 Å². The first-order valence-electron chi connectivity index (χ1n) is 6.52. The molecule has 2 aromatic rings. The SMILES string of the molecule is N[C@@H](Cc1ccc(OCc2ccccc2)cc1)C(O)O. The average Bonchev–Trinajstić information content (AvgIpc) is 2.47. The molecule has 0 saturated carbocycles. The molecule has 0 aliphatic heterocycles. The van der Waals surface area contributed by atoms with Gasteiger partial charge in [-0.3, -0.25) is 0 Å². The molecule has 0 heterocycles. The predicted molar refractivity (Wildman–Crippen MR) is 77.1 cm³/mol. The van der Waals surface area contributed by atoms with E-state index in [2.05, 4.69) is 0 Å². The van der Waals surface area contributed by atoms with E-state index in [1.165, 1.54) is 0 Å². The minimum atomic E-state index is -1.50. The van der Waals surface area contributed by atoms with Crippen LogP contribution in [0.25, 0.3) is 0 Å². The Labute approximate surface area is 118 Å². The van der Waals surface area contributed by atoms with Crippen molar-refractivity contribution in [3.63, 3.8) is 0 Å². The monoisotopic (exact) mass is 273 g/mol. The second-order valence-electron chi connectivity index (χ2n) is 4.70. The van der Waals surface area contributed by atoms with Gasteiger partial charge in [0.1, 0.15) is 12.4 Å². The Morgan fingerprint density at radius 1 is 0.900 bits per heavy atom. The van der Waals surface area contributed by atoms with E-state index in [-0.39, 0.29) is 0 Å². The molecule has 0 aromatic heterocycles. The Kier molecular flexibility index (Phi) is 5.12. The highest BCUT2D eigenvalue weighted by Crippen LogP contribution is 2.15. The summed E-state index contributed by atoms with van der Waals surface area (Å²) in [5, 5.41) is 17.9. The molecule has 0 radical (unpaired) electrons. The average molecular weight is 273 g/mol. The van der Waals surface area contributed by atoms with E-state index in [1.54, 1.807) is 0 Å². The van der Waals surface area contributed by atoms with Crippen LogP contribution in [0.3, 0.4) is 0 Å². The highest BCUT2D eigenvalue weighted by atomic mass is 16.5. The summed E-state index contributed by atoms with van der Waals surface area (Å²) < 4.78 is 5.67. The fourth-order valence-corrected chi connectivity index (χ4v) is 1.84. The first kappa shape index (κ1) is 14.5. The van der Waals surface area contributed by atoms with Gasteiger partial charge in [-0.25, -0.2) is 0 Å². The van der Waals surface area contributed by atoms with Crippen molar-refractivity contribution >= 4 is 0 Å². The summed E-state index contributed by atoms with van der Waals surface area (Å²) in [4.78, 5) is 0. The van der Waals surface area contributed by atoms with E-state index in [0.29, 0.717) is 13.0 Å². The van der Waals surface area contributed by atoms with Crippen molar-refractivity contribution in [3.05, 3.63) is 65.7 Å². The first-order chi connectivity index (χ1) is 9.65. The fourth-order valence-electron chi connectivity index (χ4n) is 1.84. The lowest BCUT2D eigenvalue weighted by Gasteiger charge is -2.13. The molecule has 0 unspecified atom stereocenters. The zero-order valence-corrected chi connectivity index (χ0v) is 11.1. The first-order valence-corrected chi connectivity index (χ1v) is 6.52. The molecular weight excluding hydrogens is 254 g/mol. The summed E-state index contributed by atoms with van der Waals surface area (Å²) in [5.41, 5.74) is 7.65. The summed E-state index contributed by atoms with van der Waals surface area (Å²) >= 11 is 0. The van der Waals surface area contributed by atoms with Gasteiger partial charge < -0.3 is 20.7 Å². The number of ether oxygens (including phenoxy) is 1. The topological polar surface area (TPSA) is 75.7 Å². The molecule has 1 atom stereocenters. The Balaban J connectivity index is 1.88. The standard InChI is InChI=1S/C16H19NO3/c17-15(16(18)19)10-12-6-8-14(9-7-12)20-11-13-4-2-1-3-5-13/h1-9,15-16,18-19H,10-11,17H2/t15-/m0/s1. The summed E-state index contributed by atoms with van der Waals surface area (Å²) in [7, 11) is 0. The minimum absolute atomic E-state index is 0.413. The second-order valence-corrected chi connectivity index (χ2v) is 4.70. The molecule has 0 fully saturated rings. The van der Waals surface area contributed by atoms with Crippen LogP contribution in [0.5, 0.6) is 5.75 Å². The minimum Gasteiger partial charge on any atom is -0.489 e. The van der Waals surface area contributed by atoms with Crippen LogP contribution in [0.2, 0.25) is 0 Å². The van der Waals surface area contributed by atoms with Crippen molar-refractivity contribution in [2.45, 2.75) is 25.4 Å². The van der Waals surface area contributed by atoms with Gasteiger partial charge >= 0.3 is 0 Å². The van der Waals surface area contributed by atoms with Gasteiger partial charge in [0, 0.05) is 0 Å². The van der Waals surface area contributed by atoms with Crippen molar-refractivity contribution in [2.75, 3.05) is 0 Å². The lowest BCUT2D eigenvalue weighted by molar-refractivity contribution is -0.0577. The summed E-state index contributed by atoms with van der Waals surface area (Å²) in [6.07, 6.45) is -1.08. The number of nitrogens with two attached hydrogens (primary N) is 1. The third kappa shape index (κ3) is 4.35. The lowest BCUT2D eigenvalue weighted by atomic mass is 10.1. The number of aliphatic hydroxyl groups is 2. The lowest BCUT2D eigenvalue weighted by Crippen LogP contribution is -2.36. The summed E-state index contributed by atoms with van der Waals surface area (Å²) in [6.45, 7) is 0.523. The molecule has 2 rings (SSSR count). The van der Waals surface area contributed by atoms with Gasteiger partial charge in [-0.2, -0.15) is 0 Å². The van der Waals surface area contributed by atoms with Crippen LogP contribution in [0, 0.1) is 0 Å². The fraction of sp³-hybridized carbons (Fsp3) is 0.250. The van der Waals surface area contributed by atoms with Gasteiger partial charge in [0.15, 0.2) is 6.29 Å². The number of hydrogen-bond acceptors (Lipinski definition) is 4. The number of aliphatic hydroxyl groups excluding tert-OH is 1. The van der Waals surface area contributed by atoms with Crippen LogP contribution < -0.4 is 10.5 Å². The number of benzene rings is 2. The van der Waals surface area contributed by atoms with E-state index in [9.17, 15) is 0 Å². The normalized spacial score (nSPS) is 12.4. The van der Waals surface area contributed by atoms with Crippen molar-refractivity contribution in [1.82, 2.24) is 0 Å². The van der Waals surface area contributed by atoms with Gasteiger partial charge in [0.05, 0.1) is 6.04 Å². The maximum atomic E-state index is 8.95. The maximum absolute atomic E-state index is 8.95. The molecule has 4 N–H and O–H groups in total. The Hall–Kier alpha value is -1.88. The zero-order valence-electron chi connectivity index (χ0n) is 11.1. The molecular formula is C16H19NO3. The van der Waals surface area contributed by atoms with Crippen LogP contribution in [0.1, 0.15) is 11.1 Å². The Morgan fingerprint density at radius 3 is 2.15 bits per heavy atom. The van der Waals surface area contributed by atoms with Gasteiger partial charge in [0.2, 0.25) is 0 Å². The van der Waals surface area contributed by atoms with E-state index in [4.69, 9.17) is 20.7 Å². The number of hydrogen-bond donors (Lipinski definition) is 3. The molecule has 0 aliphatic carbocycles. The van der Waals surface area contributed by atoms with E-state index >= 15 is 0 Å². The molecule has 0 spiro atoms. The van der Waals surface area contributed by atoms with E-state index < -0.39 is 12.3 Å². The largest absolute Gasteiger partial charge is 0.489 e. The zero-order chi connectivity index (χ0) is 14.4. The van der Waals surface area contributed by atoms with Crippen molar-refractivity contribution in [2.24, 2.45) is 5.73 Å². The number of rotatable bonds is 6. The smallest absolute Gasteiger partial charge is 0.167 e. The predicted octanol–water partition coefficient (Wildman–Crippen LogP) is 1.45. The molecule has 0 amide bonds. The third-order valence-corrected chi connectivity index (χ3v) is 3.03. The summed E-state index contributed by atoms with van der Waals surface area (Å²) in [5.74, 6) is 0.774. The Bertz CT molecular complexity index is 511. The molecule has 106 valence electrons. The molecule has 0 aliphatic rings. The molecule has 2 aromatic carbocycles. The quantitative estimate of drug-likeness (QED) is 0.696. The molecule has 0 saturated heterocycles. The molecule has 4 nitrogen and oxygen atoms in total. The van der Waals surface area contributed by atoms with Crippen molar-refractivity contribution in [3.8, 4) is 5.75 Å². The van der Waals surface area contributed by atoms with Crippen LogP contribution >= 0.6 is 0 Å². The van der Waals surface area contributed by atoms with E-state index in [0.717, 1.165) is 16.9 Å². The second kappa shape index (κ2) is 7.05. The molecule has 20 heavy (non-hydrogen) atoms. The third-order valence-electron chi connectivity index (χ3n) is 3.03. The van der Waals surface area contributed by atoms with Crippen molar-refractivity contribution in [1.29, 1.82) is 0 Å². The van der Waals surface area contributed by atoms with Crippen LogP contribution in [0.15, 0.2) is 54.6 Å². The maximum Gasteiger partial charge on any atom is 0.167 e. The van der Waals surface area contributed by atoms with Gasteiger partial charge in [-0.15, -0.1) is 0 Å². The highest BCUT2D eigenvalue weighted by Gasteiger charge is 2.11. The van der Waals surface area contributed by atoms with Crippen molar-refractivity contribution < 1.29 is 14.9 Å². The van der Waals surface area contributed by atoms with Gasteiger partial charge in [-0.1, -0.05) is 42.5 Å². The van der Waals surface area contributed by atoms with Crippen LogP contribution in [-0.2, 0) is 13.0 Å². The Morgan fingerprint density at radius 2 is 1.55 bits per heavy atom. The van der Waals surface area contributed by atoms with Crippen LogP contribution in [0.4, 0.5) is 0 Å². The highest BCUT2D eigenvalue weighted by molar-refractivity contribution is 5.28. The molecule has 4 heteroatoms.